The van der Waals surface area contributed by atoms with Crippen molar-refractivity contribution in [3.8, 4) is 0 Å². The van der Waals surface area contributed by atoms with Crippen LogP contribution in [0.4, 0.5) is 4.39 Å². The number of piperazine rings is 1. The zero-order valence-electron chi connectivity index (χ0n) is 13.1. The topological polar surface area (TPSA) is 75.4 Å². The van der Waals surface area contributed by atoms with E-state index in [9.17, 15) is 12.8 Å². The molecule has 9 heteroatoms. The van der Waals surface area contributed by atoms with E-state index in [-0.39, 0.29) is 24.0 Å². The van der Waals surface area contributed by atoms with E-state index >= 15 is 0 Å². The number of halogens is 2. The van der Waals surface area contributed by atoms with Crippen molar-refractivity contribution >= 4 is 22.4 Å². The van der Waals surface area contributed by atoms with Gasteiger partial charge in [0.05, 0.1) is 11.7 Å². The predicted molar refractivity (Wildman–Crippen MR) is 89.8 cm³/mol. The molecule has 132 valence electrons. The van der Waals surface area contributed by atoms with E-state index in [1.807, 2.05) is 0 Å². The summed E-state index contributed by atoms with van der Waals surface area (Å²) in [5.41, 5.74) is 1.27. The van der Waals surface area contributed by atoms with Gasteiger partial charge < -0.3 is 9.84 Å². The number of sulfonamides is 1. The van der Waals surface area contributed by atoms with Crippen molar-refractivity contribution in [2.24, 2.45) is 0 Å². The first-order valence-corrected chi connectivity index (χ1v) is 8.94. The lowest BCUT2D eigenvalue weighted by molar-refractivity contribution is 0.269. The van der Waals surface area contributed by atoms with Gasteiger partial charge >= 0.3 is 0 Å². The van der Waals surface area contributed by atoms with Crippen molar-refractivity contribution in [3.05, 3.63) is 53.2 Å². The third-order valence-electron chi connectivity index (χ3n) is 3.79. The zero-order valence-corrected chi connectivity index (χ0v) is 14.7. The molecule has 6 nitrogen and oxygen atoms in total. The summed E-state index contributed by atoms with van der Waals surface area (Å²) < 4.78 is 45.4. The van der Waals surface area contributed by atoms with Crippen LogP contribution in [0, 0.1) is 12.7 Å². The minimum atomic E-state index is -3.60. The van der Waals surface area contributed by atoms with E-state index in [1.54, 1.807) is 25.1 Å². The van der Waals surface area contributed by atoms with E-state index in [1.165, 1.54) is 16.4 Å². The second-order valence-corrected chi connectivity index (χ2v) is 7.50. The Morgan fingerprint density at radius 1 is 1.42 bits per heavy atom. The first kappa shape index (κ1) is 18.9. The molecule has 0 spiro atoms. The number of rotatable bonds is 4. The zero-order chi connectivity index (χ0) is 16.4. The number of hydrogen-bond acceptors (Lipinski definition) is 5. The Kier molecular flexibility index (Phi) is 5.97. The summed E-state index contributed by atoms with van der Waals surface area (Å²) >= 11 is 0. The molecule has 2 aromatic rings. The van der Waals surface area contributed by atoms with Crippen molar-refractivity contribution in [2.75, 3.05) is 19.6 Å². The van der Waals surface area contributed by atoms with Crippen LogP contribution in [0.3, 0.4) is 0 Å². The monoisotopic (exact) mass is 375 g/mol. The Morgan fingerprint density at radius 3 is 2.88 bits per heavy atom. The Labute approximate surface area is 146 Å². The maximum atomic E-state index is 13.5. The normalized spacial score (nSPS) is 19.0. The lowest BCUT2D eigenvalue weighted by Gasteiger charge is -2.35. The highest BCUT2D eigenvalue weighted by molar-refractivity contribution is 7.88. The molecule has 0 radical (unpaired) electrons. The van der Waals surface area contributed by atoms with Gasteiger partial charge in [-0.05, 0) is 24.6 Å². The number of benzene rings is 1. The lowest BCUT2D eigenvalue weighted by Crippen LogP contribution is -2.48. The summed E-state index contributed by atoms with van der Waals surface area (Å²) in [6, 6.07) is 7.21. The summed E-state index contributed by atoms with van der Waals surface area (Å²) in [4.78, 5) is 0. The first-order chi connectivity index (χ1) is 11.0. The van der Waals surface area contributed by atoms with Crippen molar-refractivity contribution < 1.29 is 17.3 Å². The van der Waals surface area contributed by atoms with Crippen LogP contribution in [-0.2, 0) is 15.8 Å². The second-order valence-electron chi connectivity index (χ2n) is 5.58. The standard InChI is InChI=1S/C15H18FN3O3S.ClH/c1-11-7-14(22-18-11)10-23(20,21)19-6-5-17-9-15(19)12-3-2-4-13(16)8-12;/h2-4,7-8,15,17H,5-6,9-10H2,1H3;1H. The van der Waals surface area contributed by atoms with Crippen LogP contribution in [0.25, 0.3) is 0 Å². The Hall–Kier alpha value is -1.48. The maximum absolute atomic E-state index is 13.5. The molecule has 3 rings (SSSR count). The highest BCUT2D eigenvalue weighted by Crippen LogP contribution is 2.27. The molecule has 24 heavy (non-hydrogen) atoms. The summed E-state index contributed by atoms with van der Waals surface area (Å²) in [6.07, 6.45) is 0. The quantitative estimate of drug-likeness (QED) is 0.884. The molecule has 1 aromatic heterocycles. The summed E-state index contributed by atoms with van der Waals surface area (Å²) in [5, 5.41) is 6.87. The van der Waals surface area contributed by atoms with Gasteiger partial charge in [0, 0.05) is 25.7 Å². The van der Waals surface area contributed by atoms with Crippen molar-refractivity contribution in [1.82, 2.24) is 14.8 Å². The first-order valence-electron chi connectivity index (χ1n) is 7.33. The minimum absolute atomic E-state index is 0. The number of nitrogens with one attached hydrogen (secondary N) is 1. The van der Waals surface area contributed by atoms with Gasteiger partial charge in [0.15, 0.2) is 5.76 Å². The lowest BCUT2D eigenvalue weighted by atomic mass is 10.1. The number of hydrogen-bond donors (Lipinski definition) is 1. The smallest absolute Gasteiger partial charge is 0.222 e. The van der Waals surface area contributed by atoms with Gasteiger partial charge in [-0.3, -0.25) is 0 Å². The summed E-state index contributed by atoms with van der Waals surface area (Å²) in [6.45, 7) is 3.06. The molecule has 1 saturated heterocycles. The third-order valence-corrected chi connectivity index (χ3v) is 5.59. The maximum Gasteiger partial charge on any atom is 0.222 e. The van der Waals surface area contributed by atoms with Crippen LogP contribution in [-0.4, -0.2) is 37.5 Å². The van der Waals surface area contributed by atoms with Crippen LogP contribution < -0.4 is 5.32 Å². The number of aryl methyl sites for hydroxylation is 1. The fraction of sp³-hybridized carbons (Fsp3) is 0.400. The summed E-state index contributed by atoms with van der Waals surface area (Å²) in [5.74, 6) is -0.324. The molecular weight excluding hydrogens is 357 g/mol. The fourth-order valence-corrected chi connectivity index (χ4v) is 4.38. The van der Waals surface area contributed by atoms with Gasteiger partial charge in [0.25, 0.3) is 0 Å². The molecule has 1 aliphatic rings. The predicted octanol–water partition coefficient (Wildman–Crippen LogP) is 2.02. The van der Waals surface area contributed by atoms with Gasteiger partial charge in [-0.2, -0.15) is 4.31 Å². The van der Waals surface area contributed by atoms with Gasteiger partial charge in [-0.25, -0.2) is 12.8 Å². The molecule has 1 unspecified atom stereocenters. The van der Waals surface area contributed by atoms with E-state index in [0.29, 0.717) is 36.7 Å². The van der Waals surface area contributed by atoms with E-state index in [4.69, 9.17) is 4.52 Å². The minimum Gasteiger partial charge on any atom is -0.360 e. The third kappa shape index (κ3) is 4.13. The van der Waals surface area contributed by atoms with Crippen LogP contribution >= 0.6 is 12.4 Å². The number of aromatic nitrogens is 1. The largest absolute Gasteiger partial charge is 0.360 e. The summed E-state index contributed by atoms with van der Waals surface area (Å²) in [7, 11) is -3.60. The van der Waals surface area contributed by atoms with Gasteiger partial charge in [-0.1, -0.05) is 17.3 Å². The van der Waals surface area contributed by atoms with Crippen LogP contribution in [0.15, 0.2) is 34.9 Å². The fourth-order valence-electron chi connectivity index (χ4n) is 2.76. The molecule has 0 saturated carbocycles. The molecule has 1 atom stereocenters. The average molecular weight is 376 g/mol. The highest BCUT2D eigenvalue weighted by atomic mass is 35.5. The Balaban J connectivity index is 0.00000208. The average Bonchev–Trinajstić information content (AvgIpc) is 2.91. The Morgan fingerprint density at radius 2 is 2.21 bits per heavy atom. The molecular formula is C15H19ClFN3O3S. The van der Waals surface area contributed by atoms with Crippen LogP contribution in [0.1, 0.15) is 23.1 Å². The number of nitrogens with zero attached hydrogens (tertiary/aromatic N) is 2. The van der Waals surface area contributed by atoms with Crippen molar-refractivity contribution in [3.63, 3.8) is 0 Å². The van der Waals surface area contributed by atoms with Crippen molar-refractivity contribution in [1.29, 1.82) is 0 Å². The molecule has 1 fully saturated rings. The second kappa shape index (κ2) is 7.60. The van der Waals surface area contributed by atoms with Crippen LogP contribution in [0.2, 0.25) is 0 Å². The molecule has 1 N–H and O–H groups in total. The van der Waals surface area contributed by atoms with Crippen LogP contribution in [0.5, 0.6) is 0 Å². The van der Waals surface area contributed by atoms with Gasteiger partial charge in [-0.15, -0.1) is 12.4 Å². The molecule has 1 aliphatic heterocycles. The van der Waals surface area contributed by atoms with E-state index in [2.05, 4.69) is 10.5 Å². The van der Waals surface area contributed by atoms with Crippen molar-refractivity contribution in [2.45, 2.75) is 18.7 Å². The highest BCUT2D eigenvalue weighted by Gasteiger charge is 2.34. The van der Waals surface area contributed by atoms with E-state index < -0.39 is 16.1 Å². The van der Waals surface area contributed by atoms with Gasteiger partial charge in [0.2, 0.25) is 10.0 Å². The SMILES string of the molecule is Cc1cc(CS(=O)(=O)N2CCNCC2c2cccc(F)c2)on1.Cl. The molecule has 0 bridgehead atoms. The molecule has 2 heterocycles. The molecule has 0 amide bonds. The van der Waals surface area contributed by atoms with Gasteiger partial charge in [0.1, 0.15) is 11.6 Å². The Bertz CT molecular complexity index is 797. The van der Waals surface area contributed by atoms with E-state index in [0.717, 1.165) is 0 Å². The molecule has 0 aliphatic carbocycles. The molecule has 1 aromatic carbocycles.